The summed E-state index contributed by atoms with van der Waals surface area (Å²) >= 11 is 0. The first-order valence-electron chi connectivity index (χ1n) is 9.05. The number of rotatable bonds is 10. The second-order valence-electron chi connectivity index (χ2n) is 5.98. The molecule has 2 aromatic rings. The van der Waals surface area contributed by atoms with Gasteiger partial charge in [0.1, 0.15) is 0 Å². The maximum absolute atomic E-state index is 12.0. The lowest BCUT2D eigenvalue weighted by atomic mass is 10.2. The van der Waals surface area contributed by atoms with Crippen LogP contribution in [0.2, 0.25) is 0 Å². The molecular formula is C22H25NO7. The number of nitrogens with one attached hydrogen (secondary N) is 1. The van der Waals surface area contributed by atoms with Crippen LogP contribution in [0.3, 0.4) is 0 Å². The summed E-state index contributed by atoms with van der Waals surface area (Å²) in [5.41, 5.74) is 1.46. The Morgan fingerprint density at radius 1 is 0.900 bits per heavy atom. The summed E-state index contributed by atoms with van der Waals surface area (Å²) in [5.74, 6) is 1.15. The van der Waals surface area contributed by atoms with E-state index >= 15 is 0 Å². The summed E-state index contributed by atoms with van der Waals surface area (Å²) in [4.78, 5) is 23.9. The van der Waals surface area contributed by atoms with Gasteiger partial charge in [-0.1, -0.05) is 18.2 Å². The number of carbonyl (C=O) groups excluding carboxylic acids is 2. The van der Waals surface area contributed by atoms with Gasteiger partial charge in [0.2, 0.25) is 0 Å². The van der Waals surface area contributed by atoms with E-state index in [0.29, 0.717) is 23.0 Å². The van der Waals surface area contributed by atoms with E-state index in [-0.39, 0.29) is 6.54 Å². The predicted molar refractivity (Wildman–Crippen MR) is 111 cm³/mol. The van der Waals surface area contributed by atoms with Gasteiger partial charge in [-0.3, -0.25) is 4.79 Å². The second kappa shape index (κ2) is 11.4. The molecule has 0 atom stereocenters. The molecule has 0 heterocycles. The van der Waals surface area contributed by atoms with Crippen LogP contribution in [0.4, 0.5) is 0 Å². The molecule has 0 fully saturated rings. The number of ether oxygens (including phenoxy) is 5. The van der Waals surface area contributed by atoms with Crippen molar-refractivity contribution in [3.05, 3.63) is 53.6 Å². The van der Waals surface area contributed by atoms with Crippen molar-refractivity contribution in [2.75, 3.05) is 35.0 Å². The van der Waals surface area contributed by atoms with Gasteiger partial charge in [0, 0.05) is 18.2 Å². The molecule has 0 saturated carbocycles. The molecule has 2 rings (SSSR count). The molecule has 0 aliphatic rings. The molecule has 160 valence electrons. The number of amides is 1. The summed E-state index contributed by atoms with van der Waals surface area (Å²) in [6.07, 6.45) is 2.79. The predicted octanol–water partition coefficient (Wildman–Crippen LogP) is 2.59. The Bertz CT molecular complexity index is 908. The Kier molecular flexibility index (Phi) is 8.56. The Morgan fingerprint density at radius 3 is 2.30 bits per heavy atom. The van der Waals surface area contributed by atoms with Gasteiger partial charge in [0.05, 0.1) is 28.4 Å². The first kappa shape index (κ1) is 22.6. The van der Waals surface area contributed by atoms with E-state index in [2.05, 4.69) is 5.32 Å². The summed E-state index contributed by atoms with van der Waals surface area (Å²) in [6, 6.07) is 10.6. The van der Waals surface area contributed by atoms with Crippen LogP contribution in [0.25, 0.3) is 6.08 Å². The normalized spacial score (nSPS) is 10.4. The fraction of sp³-hybridized carbons (Fsp3) is 0.273. The molecule has 0 spiro atoms. The van der Waals surface area contributed by atoms with Crippen molar-refractivity contribution in [3.8, 4) is 23.0 Å². The van der Waals surface area contributed by atoms with Crippen molar-refractivity contribution in [1.82, 2.24) is 5.32 Å². The highest BCUT2D eigenvalue weighted by Crippen LogP contribution is 2.30. The smallest absolute Gasteiger partial charge is 0.331 e. The summed E-state index contributed by atoms with van der Waals surface area (Å²) < 4.78 is 25.9. The van der Waals surface area contributed by atoms with Crippen molar-refractivity contribution in [3.63, 3.8) is 0 Å². The summed E-state index contributed by atoms with van der Waals surface area (Å²) in [7, 11) is 6.13. The van der Waals surface area contributed by atoms with Gasteiger partial charge in [-0.25, -0.2) is 4.79 Å². The van der Waals surface area contributed by atoms with Gasteiger partial charge in [-0.2, -0.15) is 0 Å². The first-order chi connectivity index (χ1) is 14.5. The summed E-state index contributed by atoms with van der Waals surface area (Å²) in [5, 5.41) is 2.68. The molecule has 0 aromatic heterocycles. The zero-order chi connectivity index (χ0) is 21.9. The second-order valence-corrected chi connectivity index (χ2v) is 5.98. The number of carbonyl (C=O) groups is 2. The highest BCUT2D eigenvalue weighted by Gasteiger charge is 2.11. The van der Waals surface area contributed by atoms with Crippen LogP contribution in [0, 0.1) is 0 Å². The molecule has 8 nitrogen and oxygen atoms in total. The van der Waals surface area contributed by atoms with Crippen LogP contribution in [0.5, 0.6) is 23.0 Å². The molecule has 1 N–H and O–H groups in total. The zero-order valence-electron chi connectivity index (χ0n) is 17.4. The largest absolute Gasteiger partial charge is 0.493 e. The van der Waals surface area contributed by atoms with Crippen molar-refractivity contribution < 1.29 is 33.3 Å². The van der Waals surface area contributed by atoms with Crippen molar-refractivity contribution in [2.24, 2.45) is 0 Å². The third kappa shape index (κ3) is 6.16. The minimum Gasteiger partial charge on any atom is -0.493 e. The monoisotopic (exact) mass is 415 g/mol. The van der Waals surface area contributed by atoms with E-state index in [1.54, 1.807) is 49.6 Å². The number of methoxy groups -OCH3 is 4. The van der Waals surface area contributed by atoms with Crippen LogP contribution in [0.1, 0.15) is 11.1 Å². The van der Waals surface area contributed by atoms with Gasteiger partial charge in [-0.15, -0.1) is 0 Å². The third-order valence-electron chi connectivity index (χ3n) is 4.13. The van der Waals surface area contributed by atoms with Gasteiger partial charge >= 0.3 is 5.97 Å². The molecule has 0 bridgehead atoms. The molecule has 8 heteroatoms. The van der Waals surface area contributed by atoms with Crippen LogP contribution in [-0.4, -0.2) is 46.9 Å². The number of hydrogen-bond donors (Lipinski definition) is 1. The van der Waals surface area contributed by atoms with Crippen molar-refractivity contribution in [2.45, 2.75) is 6.54 Å². The van der Waals surface area contributed by atoms with Crippen LogP contribution in [-0.2, 0) is 20.9 Å². The minimum absolute atomic E-state index is 0.207. The van der Waals surface area contributed by atoms with E-state index in [0.717, 1.165) is 11.1 Å². The van der Waals surface area contributed by atoms with Crippen molar-refractivity contribution in [1.29, 1.82) is 0 Å². The average Bonchev–Trinajstić information content (AvgIpc) is 2.79. The SMILES string of the molecule is COc1ccc(/C=C/C(=O)OCC(=O)NCc2cccc(OC)c2OC)cc1OC. The molecule has 0 aliphatic heterocycles. The molecule has 0 radical (unpaired) electrons. The Hall–Kier alpha value is -3.68. The third-order valence-corrected chi connectivity index (χ3v) is 4.13. The van der Waals surface area contributed by atoms with Gasteiger partial charge in [0.25, 0.3) is 5.91 Å². The van der Waals surface area contributed by atoms with Crippen molar-refractivity contribution >= 4 is 18.0 Å². The maximum atomic E-state index is 12.0. The topological polar surface area (TPSA) is 92.3 Å². The quantitative estimate of drug-likeness (QED) is 0.471. The van der Waals surface area contributed by atoms with Gasteiger partial charge in [-0.05, 0) is 29.8 Å². The zero-order valence-corrected chi connectivity index (χ0v) is 17.4. The number of hydrogen-bond acceptors (Lipinski definition) is 7. The standard InChI is InChI=1S/C22H25NO7/c1-26-17-10-8-15(12-19(17)28-3)9-11-21(25)30-14-20(24)23-13-16-6-5-7-18(27-2)22(16)29-4/h5-12H,13-14H2,1-4H3,(H,23,24)/b11-9+. The van der Waals surface area contributed by atoms with Crippen LogP contribution in [0.15, 0.2) is 42.5 Å². The highest BCUT2D eigenvalue weighted by atomic mass is 16.5. The molecule has 1 amide bonds. The molecule has 0 saturated heterocycles. The van der Waals surface area contributed by atoms with Gasteiger partial charge in [0.15, 0.2) is 29.6 Å². The van der Waals surface area contributed by atoms with E-state index in [1.165, 1.54) is 27.4 Å². The first-order valence-corrected chi connectivity index (χ1v) is 9.05. The molecule has 0 unspecified atom stereocenters. The fourth-order valence-electron chi connectivity index (χ4n) is 2.64. The van der Waals surface area contributed by atoms with E-state index < -0.39 is 18.5 Å². The number of benzene rings is 2. The minimum atomic E-state index is -0.640. The molecule has 30 heavy (non-hydrogen) atoms. The lowest BCUT2D eigenvalue weighted by Gasteiger charge is -2.13. The maximum Gasteiger partial charge on any atom is 0.331 e. The van der Waals surface area contributed by atoms with Crippen LogP contribution < -0.4 is 24.3 Å². The Labute approximate surface area is 175 Å². The van der Waals surface area contributed by atoms with E-state index in [4.69, 9.17) is 23.7 Å². The Balaban J connectivity index is 1.85. The lowest BCUT2D eigenvalue weighted by molar-refractivity contribution is -0.143. The average molecular weight is 415 g/mol. The number of para-hydroxylation sites is 1. The fourth-order valence-corrected chi connectivity index (χ4v) is 2.64. The highest BCUT2D eigenvalue weighted by molar-refractivity contribution is 5.89. The van der Waals surface area contributed by atoms with Crippen LogP contribution >= 0.6 is 0 Å². The Morgan fingerprint density at radius 2 is 1.63 bits per heavy atom. The number of esters is 1. The molecule has 0 aliphatic carbocycles. The molecule has 2 aromatic carbocycles. The lowest BCUT2D eigenvalue weighted by Crippen LogP contribution is -2.28. The van der Waals surface area contributed by atoms with Gasteiger partial charge < -0.3 is 29.0 Å². The summed E-state index contributed by atoms with van der Waals surface area (Å²) in [6.45, 7) is -0.195. The van der Waals surface area contributed by atoms with E-state index in [9.17, 15) is 9.59 Å². The van der Waals surface area contributed by atoms with E-state index in [1.807, 2.05) is 0 Å². The molecular weight excluding hydrogens is 390 g/mol.